The van der Waals surface area contributed by atoms with Crippen LogP contribution in [-0.2, 0) is 42.3 Å². The molecule has 0 saturated carbocycles. The van der Waals surface area contributed by atoms with Gasteiger partial charge in [0.25, 0.3) is 11.8 Å². The molecule has 360 valence electrons. The van der Waals surface area contributed by atoms with Crippen molar-refractivity contribution in [2.24, 2.45) is 42.3 Å². The number of carbonyl (C=O) groups excluding carboxylic acids is 2. The van der Waals surface area contributed by atoms with Crippen molar-refractivity contribution in [1.29, 1.82) is 0 Å². The third kappa shape index (κ3) is 11.3. The van der Waals surface area contributed by atoms with Gasteiger partial charge in [0.1, 0.15) is 5.52 Å². The smallest absolute Gasteiger partial charge is 0.261 e. The van der Waals surface area contributed by atoms with Crippen LogP contribution in [-0.4, -0.2) is 91.5 Å². The number of aryl methyl sites for hydroxylation is 6. The molecule has 3 aromatic carbocycles. The number of carbonyl (C=O) groups is 2. The first-order chi connectivity index (χ1) is 35.0. The maximum absolute atomic E-state index is 11.3. The number of imide groups is 1. The highest BCUT2D eigenvalue weighted by molar-refractivity contribution is 6.21. The molecular formula is C55H53N15O2. The first-order valence-electron chi connectivity index (χ1n) is 22.8. The molecule has 0 aliphatic carbocycles. The molecule has 1 aliphatic heterocycles. The van der Waals surface area contributed by atoms with E-state index < -0.39 is 0 Å². The lowest BCUT2D eigenvalue weighted by atomic mass is 10.1. The van der Waals surface area contributed by atoms with Gasteiger partial charge in [-0.25, -0.2) is 15.0 Å². The van der Waals surface area contributed by atoms with Crippen molar-refractivity contribution in [2.75, 3.05) is 7.05 Å². The Kier molecular flexibility index (Phi) is 15.3. The van der Waals surface area contributed by atoms with Gasteiger partial charge in [-0.3, -0.25) is 38.8 Å². The minimum Gasteiger partial charge on any atom is -0.351 e. The number of benzene rings is 3. The van der Waals surface area contributed by atoms with E-state index in [0.717, 1.165) is 38.0 Å². The van der Waals surface area contributed by atoms with Crippen LogP contribution in [0.5, 0.6) is 0 Å². The van der Waals surface area contributed by atoms with Crippen LogP contribution in [0, 0.1) is 0 Å². The summed E-state index contributed by atoms with van der Waals surface area (Å²) in [6.45, 7) is 0. The van der Waals surface area contributed by atoms with Crippen molar-refractivity contribution in [1.82, 2.24) is 72.6 Å². The zero-order chi connectivity index (χ0) is 50.6. The molecule has 0 saturated heterocycles. The number of imidazole rings is 2. The summed E-state index contributed by atoms with van der Waals surface area (Å²) in [5.41, 5.74) is 9.69. The Morgan fingerprint density at radius 3 is 1.47 bits per heavy atom. The Balaban J connectivity index is 0.000000112. The van der Waals surface area contributed by atoms with Crippen LogP contribution in [0.15, 0.2) is 196 Å². The number of hydrogen-bond donors (Lipinski definition) is 0. The number of pyridine rings is 4. The van der Waals surface area contributed by atoms with Crippen LogP contribution in [0.1, 0.15) is 20.7 Å². The van der Waals surface area contributed by atoms with Crippen LogP contribution in [0.2, 0.25) is 0 Å². The second kappa shape index (κ2) is 22.6. The van der Waals surface area contributed by atoms with Crippen molar-refractivity contribution in [3.8, 4) is 0 Å². The molecule has 17 heteroatoms. The molecular weight excluding hydrogens is 903 g/mol. The van der Waals surface area contributed by atoms with Crippen LogP contribution in [0.25, 0.3) is 65.8 Å². The highest BCUT2D eigenvalue weighted by Gasteiger charge is 2.31. The SMILES string of the molecule is CN1C(=O)c2ccccc2C1=O.Cn1ccc2ccccc21.Cn1ccc2ccncc21.Cn1cnc2cccnc21.Cn1cnc2ccncc21.Cn1ncc2ccccc21.Cn1ncc2ccncc21. The Labute approximate surface area is 414 Å². The predicted molar refractivity (Wildman–Crippen MR) is 283 cm³/mol. The van der Waals surface area contributed by atoms with E-state index >= 15 is 0 Å². The minimum absolute atomic E-state index is 0.212. The zero-order valence-corrected chi connectivity index (χ0v) is 41.0. The second-order valence-corrected chi connectivity index (χ2v) is 16.5. The standard InChI is InChI=1S/C9H7NO2.C9H9N.2C8H8N2.3C7H7N3/c1-10-8(11)6-4-2-3-5-7(6)9(10)12;1-10-7-6-8-4-2-3-5-9(8)10;1-10-5-3-7-2-4-9-6-8(7)10;1-10-8-5-3-2-4-7(8)6-9-10;1-10-5-9-6-2-3-8-4-7(6)10;1-10-7-5-8-3-2-6(7)4-9-10;1-10-5-9-6-3-2-4-8-7(6)10/h2-5H,1H3;2-7H,1H3;2*2-6H,1H3;3*2-5H,1H3. The van der Waals surface area contributed by atoms with Crippen molar-refractivity contribution >= 4 is 77.6 Å². The summed E-state index contributed by atoms with van der Waals surface area (Å²) in [5, 5.41) is 13.1. The molecule has 72 heavy (non-hydrogen) atoms. The van der Waals surface area contributed by atoms with Crippen LogP contribution >= 0.6 is 0 Å². The first-order valence-corrected chi connectivity index (χ1v) is 22.8. The summed E-state index contributed by atoms with van der Waals surface area (Å²) in [7, 11) is 13.3. The summed E-state index contributed by atoms with van der Waals surface area (Å²) in [6.07, 6.45) is 23.9. The lowest BCUT2D eigenvalue weighted by molar-refractivity contribution is 0.0693. The quantitative estimate of drug-likeness (QED) is 0.134. The van der Waals surface area contributed by atoms with E-state index in [1.165, 1.54) is 39.8 Å². The summed E-state index contributed by atoms with van der Waals surface area (Å²) in [6, 6.07) is 37.2. The van der Waals surface area contributed by atoms with Crippen LogP contribution in [0.4, 0.5) is 0 Å². The van der Waals surface area contributed by atoms with E-state index in [2.05, 4.69) is 111 Å². The fourth-order valence-corrected chi connectivity index (χ4v) is 7.66. The first kappa shape index (κ1) is 48.8. The third-order valence-corrected chi connectivity index (χ3v) is 11.7. The Morgan fingerprint density at radius 1 is 0.361 bits per heavy atom. The van der Waals surface area contributed by atoms with E-state index in [1.54, 1.807) is 55.5 Å². The van der Waals surface area contributed by atoms with Gasteiger partial charge >= 0.3 is 0 Å². The lowest BCUT2D eigenvalue weighted by Crippen LogP contribution is -2.24. The molecule has 2 amide bonds. The molecule has 0 radical (unpaired) electrons. The van der Waals surface area contributed by atoms with E-state index in [4.69, 9.17) is 0 Å². The maximum Gasteiger partial charge on any atom is 0.261 e. The molecule has 1 aliphatic rings. The van der Waals surface area contributed by atoms with Crippen molar-refractivity contribution in [3.63, 3.8) is 0 Å². The number of para-hydroxylation sites is 2. The number of hydrogen-bond acceptors (Lipinski definition) is 10. The number of rotatable bonds is 0. The lowest BCUT2D eigenvalue weighted by Gasteiger charge is -2.02. The zero-order valence-electron chi connectivity index (χ0n) is 41.0. The molecule has 0 fully saturated rings. The van der Waals surface area contributed by atoms with Gasteiger partial charge in [-0.05, 0) is 72.1 Å². The van der Waals surface area contributed by atoms with Gasteiger partial charge in [0, 0.05) is 108 Å². The van der Waals surface area contributed by atoms with Gasteiger partial charge in [0.05, 0.1) is 82.3 Å². The van der Waals surface area contributed by atoms with Crippen LogP contribution in [0.3, 0.4) is 0 Å². The van der Waals surface area contributed by atoms with Gasteiger partial charge in [-0.2, -0.15) is 10.2 Å². The molecule has 0 N–H and O–H groups in total. The van der Waals surface area contributed by atoms with Gasteiger partial charge in [0.2, 0.25) is 0 Å². The number of aromatic nitrogens is 14. The summed E-state index contributed by atoms with van der Waals surface area (Å²) >= 11 is 0. The monoisotopic (exact) mass is 955 g/mol. The van der Waals surface area contributed by atoms with E-state index in [9.17, 15) is 9.59 Å². The summed E-state index contributed by atoms with van der Waals surface area (Å²) in [5.74, 6) is -0.425. The van der Waals surface area contributed by atoms with Crippen LogP contribution < -0.4 is 0 Å². The average Bonchev–Trinajstić information content (AvgIpc) is 4.33. The fourth-order valence-electron chi connectivity index (χ4n) is 7.66. The van der Waals surface area contributed by atoms with Crippen molar-refractivity contribution in [3.05, 3.63) is 207 Å². The summed E-state index contributed by atoms with van der Waals surface area (Å²) in [4.78, 5) is 48.2. The van der Waals surface area contributed by atoms with E-state index in [0.29, 0.717) is 11.1 Å². The van der Waals surface area contributed by atoms with Gasteiger partial charge in [0.15, 0.2) is 5.65 Å². The predicted octanol–water partition coefficient (Wildman–Crippen LogP) is 9.14. The Hall–Kier alpha value is -9.64. The molecule has 0 bridgehead atoms. The topological polar surface area (TPSA) is 170 Å². The summed E-state index contributed by atoms with van der Waals surface area (Å²) < 4.78 is 11.7. The highest BCUT2D eigenvalue weighted by Crippen LogP contribution is 2.20. The van der Waals surface area contributed by atoms with Gasteiger partial charge in [-0.15, -0.1) is 0 Å². The third-order valence-electron chi connectivity index (χ3n) is 11.7. The average molecular weight is 956 g/mol. The highest BCUT2D eigenvalue weighted by atomic mass is 16.2. The Bertz CT molecular complexity index is 3300. The number of fused-ring (bicyclic) bond motifs is 7. The van der Waals surface area contributed by atoms with Gasteiger partial charge in [-0.1, -0.05) is 48.5 Å². The van der Waals surface area contributed by atoms with Gasteiger partial charge < -0.3 is 18.3 Å². The fraction of sp³-hybridized carbons (Fsp3) is 0.127. The molecule has 0 atom stereocenters. The molecule has 13 aromatic rings. The molecule has 0 unspecified atom stereocenters. The molecule has 11 heterocycles. The second-order valence-electron chi connectivity index (χ2n) is 16.5. The van der Waals surface area contributed by atoms with Crippen molar-refractivity contribution in [2.45, 2.75) is 0 Å². The maximum atomic E-state index is 11.3. The minimum atomic E-state index is -0.212. The largest absolute Gasteiger partial charge is 0.351 e. The van der Waals surface area contributed by atoms with E-state index in [-0.39, 0.29) is 11.8 Å². The molecule has 14 rings (SSSR count). The normalized spacial score (nSPS) is 11.3. The van der Waals surface area contributed by atoms with Crippen molar-refractivity contribution < 1.29 is 9.59 Å². The number of amides is 2. The number of nitrogens with zero attached hydrogens (tertiary/aromatic N) is 15. The molecule has 0 spiro atoms. The molecule has 17 nitrogen and oxygen atoms in total. The molecule has 10 aromatic heterocycles. The van der Waals surface area contributed by atoms with E-state index in [1.807, 2.05) is 140 Å². The Morgan fingerprint density at radius 2 is 0.861 bits per heavy atom.